The summed E-state index contributed by atoms with van der Waals surface area (Å²) in [5.41, 5.74) is 6.98. The van der Waals surface area contributed by atoms with Crippen molar-refractivity contribution < 1.29 is 4.79 Å². The van der Waals surface area contributed by atoms with Gasteiger partial charge in [-0.2, -0.15) is 0 Å². The van der Waals surface area contributed by atoms with E-state index in [2.05, 4.69) is 5.32 Å². The Kier molecular flexibility index (Phi) is 4.61. The molecule has 0 unspecified atom stereocenters. The number of amides is 1. The Balaban J connectivity index is 1.86. The van der Waals surface area contributed by atoms with E-state index >= 15 is 0 Å². The van der Waals surface area contributed by atoms with Crippen LogP contribution in [0.2, 0.25) is 5.02 Å². The van der Waals surface area contributed by atoms with Gasteiger partial charge in [-0.15, -0.1) is 0 Å². The fraction of sp³-hybridized carbons (Fsp3) is 0.500. The van der Waals surface area contributed by atoms with Crippen LogP contribution >= 0.6 is 11.6 Å². The predicted molar refractivity (Wildman–Crippen MR) is 73.5 cm³/mol. The van der Waals surface area contributed by atoms with Crippen molar-refractivity contribution in [1.29, 1.82) is 0 Å². The monoisotopic (exact) mass is 266 g/mol. The van der Waals surface area contributed by atoms with Gasteiger partial charge in [-0.3, -0.25) is 4.79 Å². The second-order valence-electron chi connectivity index (χ2n) is 4.93. The molecule has 4 heteroatoms. The second kappa shape index (κ2) is 6.21. The van der Waals surface area contributed by atoms with E-state index < -0.39 is 0 Å². The SMILES string of the molecule is N[C@@H]1CCCC[C@H]1NC(=O)Cc1ccc(Cl)cc1. The number of carbonyl (C=O) groups excluding carboxylic acids is 1. The molecule has 0 spiro atoms. The predicted octanol–water partition coefficient (Wildman–Crippen LogP) is 2.27. The first kappa shape index (κ1) is 13.4. The highest BCUT2D eigenvalue weighted by Gasteiger charge is 2.23. The van der Waals surface area contributed by atoms with Gasteiger partial charge in [-0.1, -0.05) is 36.6 Å². The van der Waals surface area contributed by atoms with Gasteiger partial charge in [0.1, 0.15) is 0 Å². The summed E-state index contributed by atoms with van der Waals surface area (Å²) in [7, 11) is 0. The number of halogens is 1. The molecule has 1 saturated carbocycles. The molecule has 0 bridgehead atoms. The minimum Gasteiger partial charge on any atom is -0.352 e. The molecule has 2 rings (SSSR count). The molecular formula is C14H19ClN2O. The van der Waals surface area contributed by atoms with E-state index in [9.17, 15) is 4.79 Å². The van der Waals surface area contributed by atoms with Crippen LogP contribution in [0, 0.1) is 0 Å². The van der Waals surface area contributed by atoms with Gasteiger partial charge in [0.15, 0.2) is 0 Å². The number of nitrogens with one attached hydrogen (secondary N) is 1. The average Bonchev–Trinajstić information content (AvgIpc) is 2.35. The second-order valence-corrected chi connectivity index (χ2v) is 5.36. The zero-order chi connectivity index (χ0) is 13.0. The van der Waals surface area contributed by atoms with Gasteiger partial charge in [0.25, 0.3) is 0 Å². The molecule has 0 saturated heterocycles. The Hall–Kier alpha value is -1.06. The zero-order valence-electron chi connectivity index (χ0n) is 10.4. The van der Waals surface area contributed by atoms with Gasteiger partial charge in [-0.05, 0) is 30.5 Å². The van der Waals surface area contributed by atoms with Crippen LogP contribution in [0.3, 0.4) is 0 Å². The van der Waals surface area contributed by atoms with E-state index in [-0.39, 0.29) is 18.0 Å². The smallest absolute Gasteiger partial charge is 0.224 e. The molecule has 0 aliphatic heterocycles. The zero-order valence-corrected chi connectivity index (χ0v) is 11.1. The van der Waals surface area contributed by atoms with Crippen LogP contribution in [0.5, 0.6) is 0 Å². The molecule has 1 aliphatic carbocycles. The number of nitrogens with two attached hydrogens (primary N) is 1. The molecule has 3 nitrogen and oxygen atoms in total. The van der Waals surface area contributed by atoms with E-state index in [1.54, 1.807) is 12.1 Å². The number of hydrogen-bond donors (Lipinski definition) is 2. The van der Waals surface area contributed by atoms with Gasteiger partial charge in [-0.25, -0.2) is 0 Å². The molecule has 1 fully saturated rings. The fourth-order valence-corrected chi connectivity index (χ4v) is 2.51. The molecule has 98 valence electrons. The fourth-order valence-electron chi connectivity index (χ4n) is 2.38. The van der Waals surface area contributed by atoms with Crippen LogP contribution in [0.25, 0.3) is 0 Å². The van der Waals surface area contributed by atoms with E-state index in [4.69, 9.17) is 17.3 Å². The van der Waals surface area contributed by atoms with E-state index in [0.29, 0.717) is 11.4 Å². The first-order valence-corrected chi connectivity index (χ1v) is 6.82. The van der Waals surface area contributed by atoms with Crippen LogP contribution in [-0.2, 0) is 11.2 Å². The number of carbonyl (C=O) groups is 1. The normalized spacial score (nSPS) is 23.7. The summed E-state index contributed by atoms with van der Waals surface area (Å²) >= 11 is 5.81. The molecule has 0 heterocycles. The number of hydrogen-bond acceptors (Lipinski definition) is 2. The van der Waals surface area contributed by atoms with E-state index in [0.717, 1.165) is 24.8 Å². The lowest BCUT2D eigenvalue weighted by Gasteiger charge is -2.29. The standard InChI is InChI=1S/C14H19ClN2O/c15-11-7-5-10(6-8-11)9-14(18)17-13-4-2-1-3-12(13)16/h5-8,12-13H,1-4,9,16H2,(H,17,18)/t12-,13-/m1/s1. The van der Waals surface area contributed by atoms with Crippen molar-refractivity contribution in [3.05, 3.63) is 34.9 Å². The Morgan fingerprint density at radius 1 is 1.28 bits per heavy atom. The topological polar surface area (TPSA) is 55.1 Å². The number of benzene rings is 1. The lowest BCUT2D eigenvalue weighted by Crippen LogP contribution is -2.49. The molecule has 0 aromatic heterocycles. The third-order valence-electron chi connectivity index (χ3n) is 3.44. The third kappa shape index (κ3) is 3.72. The minimum atomic E-state index is 0.0414. The van der Waals surface area contributed by atoms with E-state index in [1.165, 1.54) is 6.42 Å². The van der Waals surface area contributed by atoms with Gasteiger partial charge in [0.05, 0.1) is 6.42 Å². The van der Waals surface area contributed by atoms with E-state index in [1.807, 2.05) is 12.1 Å². The maximum absolute atomic E-state index is 11.9. The van der Waals surface area contributed by atoms with Gasteiger partial charge in [0, 0.05) is 17.1 Å². The summed E-state index contributed by atoms with van der Waals surface area (Å²) in [5, 5.41) is 3.72. The molecule has 2 atom stereocenters. The van der Waals surface area contributed by atoms with Crippen LogP contribution in [0.4, 0.5) is 0 Å². The third-order valence-corrected chi connectivity index (χ3v) is 3.70. The van der Waals surface area contributed by atoms with Crippen LogP contribution in [0.15, 0.2) is 24.3 Å². The molecule has 18 heavy (non-hydrogen) atoms. The molecular weight excluding hydrogens is 248 g/mol. The first-order chi connectivity index (χ1) is 8.65. The molecule has 0 radical (unpaired) electrons. The van der Waals surface area contributed by atoms with Gasteiger partial charge in [0.2, 0.25) is 5.91 Å². The highest BCUT2D eigenvalue weighted by atomic mass is 35.5. The van der Waals surface area contributed by atoms with Gasteiger partial charge < -0.3 is 11.1 Å². The maximum Gasteiger partial charge on any atom is 0.224 e. The highest BCUT2D eigenvalue weighted by molar-refractivity contribution is 6.30. The Morgan fingerprint density at radius 3 is 2.61 bits per heavy atom. The average molecular weight is 267 g/mol. The maximum atomic E-state index is 11.9. The minimum absolute atomic E-state index is 0.0414. The van der Waals surface area contributed by atoms with Crippen molar-refractivity contribution in [2.75, 3.05) is 0 Å². The van der Waals surface area contributed by atoms with Gasteiger partial charge >= 0.3 is 0 Å². The molecule has 3 N–H and O–H groups in total. The molecule has 1 aromatic carbocycles. The summed E-state index contributed by atoms with van der Waals surface area (Å²) in [5.74, 6) is 0.0414. The lowest BCUT2D eigenvalue weighted by molar-refractivity contribution is -0.121. The van der Waals surface area contributed by atoms with Crippen molar-refractivity contribution in [2.45, 2.75) is 44.2 Å². The van der Waals surface area contributed by atoms with Crippen molar-refractivity contribution in [2.24, 2.45) is 5.73 Å². The largest absolute Gasteiger partial charge is 0.352 e. The summed E-state index contributed by atoms with van der Waals surface area (Å²) in [4.78, 5) is 11.9. The Labute approximate surface area is 113 Å². The van der Waals surface area contributed by atoms with Crippen molar-refractivity contribution in [1.82, 2.24) is 5.32 Å². The van der Waals surface area contributed by atoms with Crippen molar-refractivity contribution >= 4 is 17.5 Å². The molecule has 1 aliphatic rings. The molecule has 1 aromatic rings. The van der Waals surface area contributed by atoms with Crippen LogP contribution in [0.1, 0.15) is 31.2 Å². The first-order valence-electron chi connectivity index (χ1n) is 6.44. The summed E-state index contributed by atoms with van der Waals surface area (Å²) in [6.45, 7) is 0. The van der Waals surface area contributed by atoms with Crippen molar-refractivity contribution in [3.8, 4) is 0 Å². The van der Waals surface area contributed by atoms with Crippen LogP contribution in [-0.4, -0.2) is 18.0 Å². The Morgan fingerprint density at radius 2 is 1.94 bits per heavy atom. The summed E-state index contributed by atoms with van der Waals surface area (Å²) < 4.78 is 0. The quantitative estimate of drug-likeness (QED) is 0.882. The molecule has 1 amide bonds. The number of rotatable bonds is 3. The van der Waals surface area contributed by atoms with Crippen molar-refractivity contribution in [3.63, 3.8) is 0 Å². The highest BCUT2D eigenvalue weighted by Crippen LogP contribution is 2.17. The summed E-state index contributed by atoms with van der Waals surface area (Å²) in [6, 6.07) is 7.60. The summed E-state index contributed by atoms with van der Waals surface area (Å²) in [6.07, 6.45) is 4.71. The lowest BCUT2D eigenvalue weighted by atomic mass is 9.91. The Bertz CT molecular complexity index is 405. The van der Waals surface area contributed by atoms with Crippen LogP contribution < -0.4 is 11.1 Å².